The highest BCUT2D eigenvalue weighted by atomic mass is 32.2. The molecule has 0 N–H and O–H groups in total. The first-order chi connectivity index (χ1) is 17.6. The van der Waals surface area contributed by atoms with Gasteiger partial charge in [0.25, 0.3) is 0 Å². The van der Waals surface area contributed by atoms with Crippen LogP contribution in [0.3, 0.4) is 0 Å². The molecule has 2 aromatic heterocycles. The van der Waals surface area contributed by atoms with Crippen LogP contribution in [0.25, 0.3) is 34.1 Å². The lowest BCUT2D eigenvalue weighted by Gasteiger charge is -2.28. The lowest BCUT2D eigenvalue weighted by molar-refractivity contribution is 1.03. The van der Waals surface area contributed by atoms with E-state index in [4.69, 9.17) is 25.3 Å². The van der Waals surface area contributed by atoms with Crippen molar-refractivity contribution in [3.05, 3.63) is 127 Å². The van der Waals surface area contributed by atoms with Gasteiger partial charge in [-0.05, 0) is 92.4 Å². The number of aryl methyl sites for hydroxylation is 1. The summed E-state index contributed by atoms with van der Waals surface area (Å²) in [5.41, 5.74) is 7.89. The Labute approximate surface area is 229 Å². The second kappa shape index (κ2) is 8.67. The maximum Gasteiger partial charge on any atom is 0.0574 e. The second-order valence-corrected chi connectivity index (χ2v) is 13.0. The molecule has 4 heteroatoms. The maximum atomic E-state index is 4.70. The first-order valence-corrected chi connectivity index (χ1v) is 14.5. The average molecular weight is 535 g/mol. The number of hydrogen-bond acceptors (Lipinski definition) is 4. The Morgan fingerprint density at radius 2 is 1.44 bits per heavy atom. The Morgan fingerprint density at radius 1 is 0.750 bits per heavy atom. The van der Waals surface area contributed by atoms with E-state index in [0.717, 1.165) is 8.42 Å². The van der Waals surface area contributed by atoms with Crippen molar-refractivity contribution in [2.75, 3.05) is 0 Å². The maximum absolute atomic E-state index is 4.70. The lowest BCUT2D eigenvalue weighted by atomic mass is 9.77. The van der Waals surface area contributed by atoms with Crippen molar-refractivity contribution in [1.82, 2.24) is 0 Å². The summed E-state index contributed by atoms with van der Waals surface area (Å²) in [7, 11) is 0. The third kappa shape index (κ3) is 3.51. The zero-order valence-electron chi connectivity index (χ0n) is 19.5. The number of hydrogen-bond donors (Lipinski definition) is 2. The zero-order chi connectivity index (χ0) is 24.4. The number of benzene rings is 3. The van der Waals surface area contributed by atoms with Gasteiger partial charge in [0.2, 0.25) is 0 Å². The summed E-state index contributed by atoms with van der Waals surface area (Å²) in [5, 5.41) is 5.24. The largest absolute Gasteiger partial charge is 0.133 e. The third-order valence-corrected chi connectivity index (χ3v) is 9.93. The number of thiol groups is 2. The molecule has 36 heavy (non-hydrogen) atoms. The SMILES string of the molecule is Cc1c2c(cc3ccccc13)=C(c1ccc(S)s1)C1=Cc3ccccc3C=CC1C=2c1ccc(S)s1. The Kier molecular flexibility index (Phi) is 5.40. The molecule has 0 aliphatic heterocycles. The van der Waals surface area contributed by atoms with E-state index >= 15 is 0 Å². The van der Waals surface area contributed by atoms with Crippen LogP contribution in [0, 0.1) is 12.8 Å². The van der Waals surface area contributed by atoms with Gasteiger partial charge in [0.05, 0.1) is 8.42 Å². The predicted octanol–water partition coefficient (Wildman–Crippen LogP) is 7.99. The minimum absolute atomic E-state index is 0.136. The van der Waals surface area contributed by atoms with Gasteiger partial charge in [-0.25, -0.2) is 0 Å². The molecule has 0 spiro atoms. The molecule has 0 saturated carbocycles. The van der Waals surface area contributed by atoms with Gasteiger partial charge in [0, 0.05) is 21.2 Å². The van der Waals surface area contributed by atoms with Crippen LogP contribution in [0.5, 0.6) is 0 Å². The fraction of sp³-hybridized carbons (Fsp3) is 0.0625. The molecule has 2 aliphatic rings. The third-order valence-electron chi connectivity index (χ3n) is 7.25. The molecule has 0 saturated heterocycles. The predicted molar refractivity (Wildman–Crippen MR) is 163 cm³/mol. The molecule has 1 unspecified atom stereocenters. The van der Waals surface area contributed by atoms with Crippen LogP contribution in [0.2, 0.25) is 0 Å². The van der Waals surface area contributed by atoms with Crippen LogP contribution in [0.15, 0.2) is 98.9 Å². The molecule has 3 aromatic carbocycles. The number of allylic oxidation sites excluding steroid dienone is 2. The molecular weight excluding hydrogens is 513 g/mol. The standard InChI is InChI=1S/C32H22S4/c1-18-22-9-5-4-8-21(22)17-25-30(18)32(27-13-15-29(34)36-27)23-11-10-19-6-2-3-7-20(19)16-24(23)31(25)26-12-14-28(33)35-26/h2-17,23,33-34H,1H3. The highest BCUT2D eigenvalue weighted by molar-refractivity contribution is 7.83. The molecule has 0 nitrogen and oxygen atoms in total. The van der Waals surface area contributed by atoms with Crippen molar-refractivity contribution in [3.8, 4) is 0 Å². The van der Waals surface area contributed by atoms with Gasteiger partial charge in [-0.2, -0.15) is 0 Å². The summed E-state index contributed by atoms with van der Waals surface area (Å²) in [6.07, 6.45) is 7.11. The van der Waals surface area contributed by atoms with Gasteiger partial charge in [0.15, 0.2) is 0 Å². The van der Waals surface area contributed by atoms with Crippen LogP contribution < -0.4 is 10.4 Å². The quantitative estimate of drug-likeness (QED) is 0.211. The van der Waals surface area contributed by atoms with Crippen molar-refractivity contribution >= 4 is 82.0 Å². The van der Waals surface area contributed by atoms with E-state index in [1.807, 2.05) is 0 Å². The average Bonchev–Trinajstić information content (AvgIpc) is 3.46. The van der Waals surface area contributed by atoms with Crippen LogP contribution in [0.4, 0.5) is 0 Å². The smallest absolute Gasteiger partial charge is 0.0574 e. The van der Waals surface area contributed by atoms with Crippen LogP contribution in [-0.2, 0) is 0 Å². The molecule has 2 aliphatic carbocycles. The van der Waals surface area contributed by atoms with Crippen molar-refractivity contribution < 1.29 is 0 Å². The molecule has 0 bridgehead atoms. The van der Waals surface area contributed by atoms with Gasteiger partial charge >= 0.3 is 0 Å². The highest BCUT2D eigenvalue weighted by Gasteiger charge is 2.31. The van der Waals surface area contributed by atoms with Gasteiger partial charge in [-0.3, -0.25) is 0 Å². The Balaban J connectivity index is 1.74. The summed E-state index contributed by atoms with van der Waals surface area (Å²) < 4.78 is 2.07. The summed E-state index contributed by atoms with van der Waals surface area (Å²) in [6, 6.07) is 28.6. The van der Waals surface area contributed by atoms with Crippen LogP contribution in [0.1, 0.15) is 26.4 Å². The molecule has 1 atom stereocenters. The van der Waals surface area contributed by atoms with Crippen molar-refractivity contribution in [2.24, 2.45) is 5.92 Å². The topological polar surface area (TPSA) is 0 Å². The monoisotopic (exact) mass is 534 g/mol. The summed E-state index contributed by atoms with van der Waals surface area (Å²) in [4.78, 5) is 2.55. The highest BCUT2D eigenvalue weighted by Crippen LogP contribution is 2.44. The van der Waals surface area contributed by atoms with E-state index in [1.165, 1.54) is 64.4 Å². The summed E-state index contributed by atoms with van der Waals surface area (Å²) >= 11 is 12.9. The number of thiophene rings is 2. The Morgan fingerprint density at radius 3 is 2.19 bits per heavy atom. The Hall–Kier alpha value is -2.76. The fourth-order valence-corrected chi connectivity index (χ4v) is 8.11. The van der Waals surface area contributed by atoms with E-state index in [0.29, 0.717) is 0 Å². The summed E-state index contributed by atoms with van der Waals surface area (Å²) in [6.45, 7) is 2.29. The van der Waals surface area contributed by atoms with E-state index in [1.54, 1.807) is 22.7 Å². The first-order valence-electron chi connectivity index (χ1n) is 11.9. The van der Waals surface area contributed by atoms with E-state index in [2.05, 4.69) is 104 Å². The second-order valence-electron chi connectivity index (χ2n) is 9.28. The first kappa shape index (κ1) is 22.4. The molecule has 0 fully saturated rings. The van der Waals surface area contributed by atoms with E-state index in [9.17, 15) is 0 Å². The van der Waals surface area contributed by atoms with Crippen LogP contribution in [-0.4, -0.2) is 0 Å². The fourth-order valence-electron chi connectivity index (χ4n) is 5.70. The normalized spacial score (nSPS) is 16.4. The molecule has 7 rings (SSSR count). The lowest BCUT2D eigenvalue weighted by Crippen LogP contribution is -2.39. The molecule has 0 radical (unpaired) electrons. The number of fused-ring (bicyclic) bond motifs is 4. The molecular formula is C32H22S4. The molecule has 174 valence electrons. The summed E-state index contributed by atoms with van der Waals surface area (Å²) in [5.74, 6) is 0.136. The zero-order valence-corrected chi connectivity index (χ0v) is 22.9. The Bertz CT molecular complexity index is 1880. The van der Waals surface area contributed by atoms with E-state index < -0.39 is 0 Å². The molecule has 2 heterocycles. The van der Waals surface area contributed by atoms with Gasteiger partial charge in [-0.15, -0.1) is 47.9 Å². The molecule has 0 amide bonds. The van der Waals surface area contributed by atoms with Crippen molar-refractivity contribution in [3.63, 3.8) is 0 Å². The van der Waals surface area contributed by atoms with Crippen LogP contribution >= 0.6 is 47.9 Å². The molecule has 5 aromatic rings. The van der Waals surface area contributed by atoms with E-state index in [-0.39, 0.29) is 5.92 Å². The number of rotatable bonds is 2. The van der Waals surface area contributed by atoms with Gasteiger partial charge in [-0.1, -0.05) is 60.7 Å². The minimum Gasteiger partial charge on any atom is -0.133 e. The van der Waals surface area contributed by atoms with Crippen molar-refractivity contribution in [2.45, 2.75) is 15.3 Å². The van der Waals surface area contributed by atoms with Crippen molar-refractivity contribution in [1.29, 1.82) is 0 Å². The van der Waals surface area contributed by atoms with Gasteiger partial charge in [0.1, 0.15) is 0 Å². The van der Waals surface area contributed by atoms with Gasteiger partial charge < -0.3 is 0 Å². The minimum atomic E-state index is 0.136.